The van der Waals surface area contributed by atoms with Crippen LogP contribution in [0.1, 0.15) is 10.4 Å². The van der Waals surface area contributed by atoms with E-state index < -0.39 is 0 Å². The molecule has 4 aromatic rings. The first-order valence-electron chi connectivity index (χ1n) is 10.2. The quantitative estimate of drug-likeness (QED) is 0.513. The first-order chi connectivity index (χ1) is 15.0. The van der Waals surface area contributed by atoms with Gasteiger partial charge in [0.25, 0.3) is 11.5 Å². The molecule has 0 aliphatic carbocycles. The second-order valence-electron chi connectivity index (χ2n) is 8.08. The van der Waals surface area contributed by atoms with Crippen molar-refractivity contribution in [1.29, 1.82) is 0 Å². The Bertz CT molecular complexity index is 1370. The predicted octanol–water partition coefficient (Wildman–Crippen LogP) is 2.87. The molecule has 0 atom stereocenters. The van der Waals surface area contributed by atoms with Crippen LogP contribution in [0.5, 0.6) is 0 Å². The minimum absolute atomic E-state index is 0.0330. The summed E-state index contributed by atoms with van der Waals surface area (Å²) >= 11 is 0. The normalized spacial score (nSPS) is 14.0. The van der Waals surface area contributed by atoms with Crippen LogP contribution in [0, 0.1) is 5.92 Å². The van der Waals surface area contributed by atoms with Gasteiger partial charge in [-0.2, -0.15) is 0 Å². The number of carbonyl (C=O) groups is 1. The third-order valence-electron chi connectivity index (χ3n) is 5.75. The van der Waals surface area contributed by atoms with Gasteiger partial charge in [0.05, 0.1) is 36.1 Å². The van der Waals surface area contributed by atoms with Gasteiger partial charge in [-0.05, 0) is 41.8 Å². The molecule has 0 bridgehead atoms. The Morgan fingerprint density at radius 3 is 2.77 bits per heavy atom. The van der Waals surface area contributed by atoms with Gasteiger partial charge in [0.2, 0.25) is 0 Å². The van der Waals surface area contributed by atoms with Crippen molar-refractivity contribution in [2.45, 2.75) is 0 Å². The third kappa shape index (κ3) is 3.57. The molecule has 5 rings (SSSR count). The summed E-state index contributed by atoms with van der Waals surface area (Å²) in [6, 6.07) is 13.0. The van der Waals surface area contributed by atoms with Gasteiger partial charge in [-0.25, -0.2) is 4.98 Å². The Kier molecular flexibility index (Phi) is 4.75. The highest BCUT2D eigenvalue weighted by atomic mass is 16.5. The number of fused-ring (bicyclic) bond motifs is 2. The maximum absolute atomic E-state index is 12.8. The van der Waals surface area contributed by atoms with E-state index in [0.29, 0.717) is 47.8 Å². The summed E-state index contributed by atoms with van der Waals surface area (Å²) in [6.07, 6.45) is 3.47. The number of aryl methyl sites for hydroxylation is 1. The van der Waals surface area contributed by atoms with E-state index in [1.165, 1.54) is 0 Å². The van der Waals surface area contributed by atoms with E-state index in [0.717, 1.165) is 16.5 Å². The highest BCUT2D eigenvalue weighted by Crippen LogP contribution is 2.23. The van der Waals surface area contributed by atoms with Crippen molar-refractivity contribution in [3.8, 4) is 11.3 Å². The number of carbonyl (C=O) groups excluding carboxylic acids is 1. The van der Waals surface area contributed by atoms with Crippen molar-refractivity contribution in [3.05, 3.63) is 70.8 Å². The fourth-order valence-electron chi connectivity index (χ4n) is 3.87. The average Bonchev–Trinajstić information content (AvgIpc) is 2.77. The molecule has 1 saturated heterocycles. The molecule has 0 radical (unpaired) electrons. The van der Waals surface area contributed by atoms with Crippen molar-refractivity contribution < 1.29 is 9.53 Å². The topological polar surface area (TPSA) is 77.3 Å². The second kappa shape index (κ2) is 7.59. The summed E-state index contributed by atoms with van der Waals surface area (Å²) in [5.41, 5.74) is 3.50. The number of pyridine rings is 1. The summed E-state index contributed by atoms with van der Waals surface area (Å²) in [5.74, 6) is 0.369. The molecule has 156 valence electrons. The SMILES string of the molecule is CN(CC1COC1)C(=O)c1ccc2ncc(-c3ccc4c(=O)n(C)ccc4c3)nc2c1. The predicted molar refractivity (Wildman–Crippen MR) is 119 cm³/mol. The molecular weight excluding hydrogens is 392 g/mol. The lowest BCUT2D eigenvalue weighted by molar-refractivity contribution is -0.0411. The number of aromatic nitrogens is 3. The van der Waals surface area contributed by atoms with Crippen LogP contribution in [0.3, 0.4) is 0 Å². The van der Waals surface area contributed by atoms with Crippen LogP contribution in [0.4, 0.5) is 0 Å². The lowest BCUT2D eigenvalue weighted by Crippen LogP contribution is -2.40. The minimum atomic E-state index is -0.0393. The van der Waals surface area contributed by atoms with Gasteiger partial charge in [0, 0.05) is 49.3 Å². The van der Waals surface area contributed by atoms with Crippen LogP contribution in [-0.2, 0) is 11.8 Å². The zero-order valence-corrected chi connectivity index (χ0v) is 17.4. The van der Waals surface area contributed by atoms with E-state index in [1.807, 2.05) is 37.4 Å². The molecule has 1 amide bonds. The van der Waals surface area contributed by atoms with Gasteiger partial charge < -0.3 is 14.2 Å². The first kappa shape index (κ1) is 19.4. The van der Waals surface area contributed by atoms with E-state index in [9.17, 15) is 9.59 Å². The third-order valence-corrected chi connectivity index (χ3v) is 5.75. The van der Waals surface area contributed by atoms with Gasteiger partial charge in [0.15, 0.2) is 0 Å². The molecule has 1 aliphatic rings. The van der Waals surface area contributed by atoms with Crippen LogP contribution >= 0.6 is 0 Å². The lowest BCUT2D eigenvalue weighted by Gasteiger charge is -2.30. The molecule has 2 aromatic carbocycles. The summed E-state index contributed by atoms with van der Waals surface area (Å²) < 4.78 is 6.76. The largest absolute Gasteiger partial charge is 0.381 e. The molecule has 0 spiro atoms. The van der Waals surface area contributed by atoms with Crippen molar-refractivity contribution in [2.24, 2.45) is 13.0 Å². The average molecular weight is 414 g/mol. The van der Waals surface area contributed by atoms with Gasteiger partial charge >= 0.3 is 0 Å². The minimum Gasteiger partial charge on any atom is -0.381 e. The highest BCUT2D eigenvalue weighted by molar-refractivity contribution is 5.97. The van der Waals surface area contributed by atoms with E-state index in [1.54, 1.807) is 41.0 Å². The molecule has 1 aliphatic heterocycles. The molecule has 0 unspecified atom stereocenters. The number of ether oxygens (including phenoxy) is 1. The van der Waals surface area contributed by atoms with Crippen LogP contribution in [-0.4, -0.2) is 52.1 Å². The maximum atomic E-state index is 12.8. The van der Waals surface area contributed by atoms with Crippen molar-refractivity contribution in [2.75, 3.05) is 26.8 Å². The fraction of sp³-hybridized carbons (Fsp3) is 0.250. The van der Waals surface area contributed by atoms with Gasteiger partial charge in [-0.1, -0.05) is 6.07 Å². The summed E-state index contributed by atoms with van der Waals surface area (Å²) in [7, 11) is 3.55. The van der Waals surface area contributed by atoms with Crippen molar-refractivity contribution in [1.82, 2.24) is 19.4 Å². The van der Waals surface area contributed by atoms with E-state index >= 15 is 0 Å². The number of nitrogens with zero attached hydrogens (tertiary/aromatic N) is 4. The van der Waals surface area contributed by atoms with Crippen LogP contribution in [0.25, 0.3) is 33.1 Å². The standard InChI is InChI=1S/C24H22N4O3/c1-27-8-7-16-9-17(3-5-19(16)24(27)30)22-11-25-20-6-4-18(10-21(20)26-22)23(29)28(2)12-15-13-31-14-15/h3-11,15H,12-14H2,1-2H3. The van der Waals surface area contributed by atoms with Crippen LogP contribution in [0.15, 0.2) is 59.7 Å². The highest BCUT2D eigenvalue weighted by Gasteiger charge is 2.23. The maximum Gasteiger partial charge on any atom is 0.258 e. The Balaban J connectivity index is 1.49. The fourth-order valence-corrected chi connectivity index (χ4v) is 3.87. The van der Waals surface area contributed by atoms with Gasteiger partial charge in [-0.15, -0.1) is 0 Å². The molecule has 7 nitrogen and oxygen atoms in total. The summed E-state index contributed by atoms with van der Waals surface area (Å²) in [5, 5.41) is 1.52. The summed E-state index contributed by atoms with van der Waals surface area (Å²) in [6.45, 7) is 2.10. The number of rotatable bonds is 4. The molecule has 3 heterocycles. The monoisotopic (exact) mass is 414 g/mol. The van der Waals surface area contributed by atoms with Gasteiger partial charge in [0.1, 0.15) is 0 Å². The van der Waals surface area contributed by atoms with Gasteiger partial charge in [-0.3, -0.25) is 14.6 Å². The van der Waals surface area contributed by atoms with E-state index in [-0.39, 0.29) is 11.5 Å². The zero-order chi connectivity index (χ0) is 21.5. The summed E-state index contributed by atoms with van der Waals surface area (Å²) in [4.78, 5) is 36.1. The molecular formula is C24H22N4O3. The molecule has 0 saturated carbocycles. The Morgan fingerprint density at radius 2 is 2.00 bits per heavy atom. The first-order valence-corrected chi connectivity index (χ1v) is 10.2. The Hall–Kier alpha value is -3.58. The van der Waals surface area contributed by atoms with Crippen LogP contribution in [0.2, 0.25) is 0 Å². The van der Waals surface area contributed by atoms with E-state index in [2.05, 4.69) is 4.98 Å². The molecule has 2 aromatic heterocycles. The van der Waals surface area contributed by atoms with E-state index in [4.69, 9.17) is 9.72 Å². The zero-order valence-electron chi connectivity index (χ0n) is 17.4. The lowest BCUT2D eigenvalue weighted by atomic mass is 10.1. The molecule has 7 heteroatoms. The number of hydrogen-bond acceptors (Lipinski definition) is 5. The second-order valence-corrected chi connectivity index (χ2v) is 8.08. The Labute approximate surface area is 178 Å². The molecule has 1 fully saturated rings. The number of amides is 1. The smallest absolute Gasteiger partial charge is 0.258 e. The number of benzene rings is 2. The van der Waals surface area contributed by atoms with Crippen molar-refractivity contribution >= 4 is 27.7 Å². The Morgan fingerprint density at radius 1 is 1.16 bits per heavy atom. The van der Waals surface area contributed by atoms with Crippen molar-refractivity contribution in [3.63, 3.8) is 0 Å². The molecule has 31 heavy (non-hydrogen) atoms. The number of hydrogen-bond donors (Lipinski definition) is 0. The van der Waals surface area contributed by atoms with Crippen LogP contribution < -0.4 is 5.56 Å². The molecule has 0 N–H and O–H groups in total.